The van der Waals surface area contributed by atoms with E-state index in [2.05, 4.69) is 33.6 Å². The Balaban J connectivity index is 1.48. The van der Waals surface area contributed by atoms with Gasteiger partial charge in [0.05, 0.1) is 5.69 Å². The number of anilines is 3. The van der Waals surface area contributed by atoms with Crippen LogP contribution in [0.5, 0.6) is 0 Å². The van der Waals surface area contributed by atoms with Crippen molar-refractivity contribution in [3.8, 4) is 11.3 Å². The molecule has 0 unspecified atom stereocenters. The molecule has 6 heteroatoms. The van der Waals surface area contributed by atoms with Gasteiger partial charge < -0.3 is 10.2 Å². The van der Waals surface area contributed by atoms with Crippen LogP contribution < -0.4 is 10.2 Å². The predicted octanol–water partition coefficient (Wildman–Crippen LogP) is 4.05. The largest absolute Gasteiger partial charge is 0.323 e. The Labute approximate surface area is 162 Å². The molecule has 0 spiro atoms. The van der Waals surface area contributed by atoms with Gasteiger partial charge in [-0.05, 0) is 42.3 Å². The number of pyridine rings is 1. The number of carbonyl (C=O) groups is 1. The van der Waals surface area contributed by atoms with Gasteiger partial charge in [-0.2, -0.15) is 4.98 Å². The van der Waals surface area contributed by atoms with E-state index in [-0.39, 0.29) is 5.91 Å². The summed E-state index contributed by atoms with van der Waals surface area (Å²) >= 11 is 0. The lowest BCUT2D eigenvalue weighted by Crippen LogP contribution is -2.25. The second-order valence-electron chi connectivity index (χ2n) is 6.87. The molecule has 6 nitrogen and oxygen atoms in total. The summed E-state index contributed by atoms with van der Waals surface area (Å²) in [5, 5.41) is 7.95. The normalized spacial score (nSPS) is 13.0. The number of hydrogen-bond donors (Lipinski definition) is 1. The van der Waals surface area contributed by atoms with Gasteiger partial charge in [0.1, 0.15) is 0 Å². The summed E-state index contributed by atoms with van der Waals surface area (Å²) in [7, 11) is 0. The summed E-state index contributed by atoms with van der Waals surface area (Å²) in [5.74, 6) is 0.625. The summed E-state index contributed by atoms with van der Waals surface area (Å²) in [6, 6.07) is 22.1. The van der Waals surface area contributed by atoms with Crippen molar-refractivity contribution < 1.29 is 4.79 Å². The maximum Gasteiger partial charge on any atom is 0.247 e. The molecule has 0 bridgehead atoms. The number of carbonyl (C=O) groups excluding carboxylic acids is 1. The highest BCUT2D eigenvalue weighted by molar-refractivity contribution is 5.94. The molecule has 4 aromatic rings. The molecule has 2 aromatic carbocycles. The summed E-state index contributed by atoms with van der Waals surface area (Å²) in [6.45, 7) is 2.34. The number of benzene rings is 2. The minimum atomic E-state index is 0.0786. The molecule has 0 aliphatic carbocycles. The molecule has 0 saturated carbocycles. The lowest BCUT2D eigenvalue weighted by atomic mass is 10.1. The Morgan fingerprint density at radius 1 is 1.04 bits per heavy atom. The van der Waals surface area contributed by atoms with E-state index in [4.69, 9.17) is 0 Å². The Morgan fingerprint density at radius 3 is 2.71 bits per heavy atom. The van der Waals surface area contributed by atoms with Crippen LogP contribution in [-0.4, -0.2) is 27.0 Å². The molecule has 138 valence electrons. The van der Waals surface area contributed by atoms with Crippen molar-refractivity contribution in [3.05, 3.63) is 72.3 Å². The van der Waals surface area contributed by atoms with Crippen LogP contribution in [-0.2, 0) is 11.2 Å². The zero-order chi connectivity index (χ0) is 19.1. The first-order valence-electron chi connectivity index (χ1n) is 9.28. The first kappa shape index (κ1) is 16.5. The average molecular weight is 369 g/mol. The van der Waals surface area contributed by atoms with Gasteiger partial charge in [-0.1, -0.05) is 36.4 Å². The molecule has 0 fully saturated rings. The molecule has 1 N–H and O–H groups in total. The molecule has 28 heavy (non-hydrogen) atoms. The summed E-state index contributed by atoms with van der Waals surface area (Å²) < 4.78 is 1.85. The fourth-order valence-corrected chi connectivity index (χ4v) is 3.72. The van der Waals surface area contributed by atoms with E-state index < -0.39 is 0 Å². The zero-order valence-corrected chi connectivity index (χ0v) is 15.5. The average Bonchev–Trinajstić information content (AvgIpc) is 3.31. The third-order valence-corrected chi connectivity index (χ3v) is 5.04. The molecule has 3 heterocycles. The number of aromatic nitrogens is 3. The molecule has 1 aliphatic heterocycles. The van der Waals surface area contributed by atoms with E-state index in [1.54, 1.807) is 6.92 Å². The van der Waals surface area contributed by atoms with Crippen LogP contribution >= 0.6 is 0 Å². The number of nitrogens with zero attached hydrogens (tertiary/aromatic N) is 4. The minimum Gasteiger partial charge on any atom is -0.323 e. The lowest BCUT2D eigenvalue weighted by Gasteiger charge is -2.14. The van der Waals surface area contributed by atoms with E-state index >= 15 is 0 Å². The molecule has 2 aromatic heterocycles. The Morgan fingerprint density at radius 2 is 1.89 bits per heavy atom. The van der Waals surface area contributed by atoms with Crippen LogP contribution in [0.3, 0.4) is 0 Å². The van der Waals surface area contributed by atoms with Crippen molar-refractivity contribution in [2.45, 2.75) is 13.3 Å². The Kier molecular flexibility index (Phi) is 3.83. The fraction of sp³-hybridized carbons (Fsp3) is 0.136. The highest BCUT2D eigenvalue weighted by atomic mass is 16.2. The van der Waals surface area contributed by atoms with E-state index in [1.165, 1.54) is 0 Å². The number of rotatable bonds is 3. The summed E-state index contributed by atoms with van der Waals surface area (Å²) in [5.41, 5.74) is 5.94. The topological polar surface area (TPSA) is 62.5 Å². The van der Waals surface area contributed by atoms with Crippen molar-refractivity contribution in [2.24, 2.45) is 0 Å². The zero-order valence-electron chi connectivity index (χ0n) is 15.5. The minimum absolute atomic E-state index is 0.0786. The van der Waals surface area contributed by atoms with E-state index in [0.717, 1.165) is 46.8 Å². The van der Waals surface area contributed by atoms with Gasteiger partial charge in [0, 0.05) is 30.4 Å². The van der Waals surface area contributed by atoms with Crippen LogP contribution in [0.4, 0.5) is 17.3 Å². The molecule has 0 saturated heterocycles. The first-order chi connectivity index (χ1) is 13.7. The molecule has 1 amide bonds. The smallest absolute Gasteiger partial charge is 0.247 e. The van der Waals surface area contributed by atoms with Crippen molar-refractivity contribution in [3.63, 3.8) is 0 Å². The van der Waals surface area contributed by atoms with Crippen molar-refractivity contribution in [2.75, 3.05) is 16.8 Å². The second-order valence-corrected chi connectivity index (χ2v) is 6.87. The van der Waals surface area contributed by atoms with Crippen molar-refractivity contribution in [1.82, 2.24) is 14.6 Å². The van der Waals surface area contributed by atoms with Crippen LogP contribution in [0.15, 0.2) is 66.7 Å². The van der Waals surface area contributed by atoms with Crippen LogP contribution in [0.2, 0.25) is 0 Å². The maximum absolute atomic E-state index is 11.7. The number of nitrogens with one attached hydrogen (secondary N) is 1. The third kappa shape index (κ3) is 2.79. The van der Waals surface area contributed by atoms with Gasteiger partial charge in [-0.25, -0.2) is 4.52 Å². The van der Waals surface area contributed by atoms with Gasteiger partial charge in [-0.3, -0.25) is 4.79 Å². The SMILES string of the molecule is CC(=O)N1CCc2cc(Nc3nc4cccc(-c5ccccc5)n4n3)ccc21. The maximum atomic E-state index is 11.7. The highest BCUT2D eigenvalue weighted by Gasteiger charge is 2.22. The number of amides is 1. The van der Waals surface area contributed by atoms with Crippen molar-refractivity contribution in [1.29, 1.82) is 0 Å². The van der Waals surface area contributed by atoms with Crippen LogP contribution in [0.25, 0.3) is 16.9 Å². The third-order valence-electron chi connectivity index (χ3n) is 5.04. The molecule has 1 aliphatic rings. The standard InChI is InChI=1S/C22H19N5O/c1-15(28)26-13-12-17-14-18(10-11-19(17)26)23-22-24-21-9-5-8-20(27(21)25-22)16-6-3-2-4-7-16/h2-11,14H,12-13H2,1H3,(H,23,25). The quantitative estimate of drug-likeness (QED) is 0.592. The fourth-order valence-electron chi connectivity index (χ4n) is 3.72. The van der Waals surface area contributed by atoms with E-state index in [9.17, 15) is 4.79 Å². The van der Waals surface area contributed by atoms with Gasteiger partial charge >= 0.3 is 0 Å². The monoisotopic (exact) mass is 369 g/mol. The predicted molar refractivity (Wildman–Crippen MR) is 110 cm³/mol. The number of hydrogen-bond acceptors (Lipinski definition) is 4. The summed E-state index contributed by atoms with van der Waals surface area (Å²) in [4.78, 5) is 18.1. The first-order valence-corrected chi connectivity index (χ1v) is 9.28. The van der Waals surface area contributed by atoms with Gasteiger partial charge in [0.2, 0.25) is 11.9 Å². The molecule has 0 radical (unpaired) electrons. The molecule has 0 atom stereocenters. The van der Waals surface area contributed by atoms with Crippen molar-refractivity contribution >= 4 is 28.9 Å². The Bertz CT molecular complexity index is 1180. The Hall–Kier alpha value is -3.67. The number of fused-ring (bicyclic) bond motifs is 2. The van der Waals surface area contributed by atoms with E-state index in [0.29, 0.717) is 5.95 Å². The van der Waals surface area contributed by atoms with Gasteiger partial charge in [-0.15, -0.1) is 5.10 Å². The van der Waals surface area contributed by atoms with Gasteiger partial charge in [0.25, 0.3) is 0 Å². The summed E-state index contributed by atoms with van der Waals surface area (Å²) in [6.07, 6.45) is 0.862. The van der Waals surface area contributed by atoms with Crippen LogP contribution in [0.1, 0.15) is 12.5 Å². The highest BCUT2D eigenvalue weighted by Crippen LogP contribution is 2.31. The molecular formula is C22H19N5O. The van der Waals surface area contributed by atoms with Crippen LogP contribution in [0, 0.1) is 0 Å². The molecule has 5 rings (SSSR count). The lowest BCUT2D eigenvalue weighted by molar-refractivity contribution is -0.116. The van der Waals surface area contributed by atoms with E-state index in [1.807, 2.05) is 57.9 Å². The second kappa shape index (κ2) is 6.49. The van der Waals surface area contributed by atoms with Gasteiger partial charge in [0.15, 0.2) is 5.65 Å². The molecular weight excluding hydrogens is 350 g/mol.